The molecule has 0 radical (unpaired) electrons. The van der Waals surface area contributed by atoms with Gasteiger partial charge in [0.15, 0.2) is 0 Å². The molecule has 0 aromatic rings. The van der Waals surface area contributed by atoms with E-state index in [0.29, 0.717) is 5.76 Å². The van der Waals surface area contributed by atoms with Gasteiger partial charge in [0.1, 0.15) is 5.76 Å². The summed E-state index contributed by atoms with van der Waals surface area (Å²) in [4.78, 5) is 0. The van der Waals surface area contributed by atoms with Crippen LogP contribution in [0.15, 0.2) is 12.0 Å². The number of hydrogen-bond acceptors (Lipinski definition) is 2. The molecule has 0 saturated carbocycles. The predicted octanol–water partition coefficient (Wildman–Crippen LogP) is 2.97. The maximum absolute atomic E-state index is 9.28. The summed E-state index contributed by atoms with van der Waals surface area (Å²) in [6, 6.07) is 0. The molecule has 12 heavy (non-hydrogen) atoms. The molecule has 0 saturated heterocycles. The Kier molecular flexibility index (Phi) is 7.97. The first kappa shape index (κ1) is 11.3. The van der Waals surface area contributed by atoms with E-state index in [2.05, 4.69) is 19.2 Å². The first-order valence-corrected chi connectivity index (χ1v) is 4.92. The highest BCUT2D eigenvalue weighted by Gasteiger charge is 1.90. The van der Waals surface area contributed by atoms with Crippen molar-refractivity contribution in [3.8, 4) is 0 Å². The number of rotatable bonds is 7. The number of aliphatic hydroxyl groups is 1. The minimum atomic E-state index is 0.480. The summed E-state index contributed by atoms with van der Waals surface area (Å²) in [5, 5.41) is 12.4. The number of aliphatic hydroxyl groups excluding tert-OH is 1. The lowest BCUT2D eigenvalue weighted by atomic mass is 10.2. The Hall–Kier alpha value is -0.660. The third-order valence-corrected chi connectivity index (χ3v) is 1.73. The second kappa shape index (κ2) is 8.44. The lowest BCUT2D eigenvalue weighted by molar-refractivity contribution is 0.378. The van der Waals surface area contributed by atoms with E-state index in [-0.39, 0.29) is 0 Å². The van der Waals surface area contributed by atoms with Crippen LogP contribution in [0.2, 0.25) is 0 Å². The van der Waals surface area contributed by atoms with E-state index in [1.54, 1.807) is 6.20 Å². The van der Waals surface area contributed by atoms with Crippen LogP contribution in [0.1, 0.15) is 46.0 Å². The fourth-order valence-corrected chi connectivity index (χ4v) is 0.899. The topological polar surface area (TPSA) is 32.3 Å². The zero-order valence-corrected chi connectivity index (χ0v) is 8.27. The molecular formula is C10H21NO. The molecule has 0 unspecified atom stereocenters. The lowest BCUT2D eigenvalue weighted by Gasteiger charge is -2.00. The zero-order valence-electron chi connectivity index (χ0n) is 8.27. The van der Waals surface area contributed by atoms with Crippen LogP contribution in [0, 0.1) is 0 Å². The van der Waals surface area contributed by atoms with Crippen molar-refractivity contribution >= 4 is 0 Å². The minimum Gasteiger partial charge on any atom is -0.511 e. The van der Waals surface area contributed by atoms with Gasteiger partial charge in [-0.25, -0.2) is 0 Å². The highest BCUT2D eigenvalue weighted by Crippen LogP contribution is 2.01. The summed E-state index contributed by atoms with van der Waals surface area (Å²) in [5.74, 6) is 0.480. The zero-order chi connectivity index (χ0) is 9.23. The van der Waals surface area contributed by atoms with E-state index >= 15 is 0 Å². The highest BCUT2D eigenvalue weighted by molar-refractivity contribution is 4.88. The molecule has 2 N–H and O–H groups in total. The number of unbranched alkanes of at least 4 members (excludes halogenated alkanes) is 2. The van der Waals surface area contributed by atoms with Crippen molar-refractivity contribution in [3.63, 3.8) is 0 Å². The van der Waals surface area contributed by atoms with Crippen LogP contribution in [0.5, 0.6) is 0 Å². The van der Waals surface area contributed by atoms with Crippen LogP contribution in [0.4, 0.5) is 0 Å². The van der Waals surface area contributed by atoms with Crippen molar-refractivity contribution < 1.29 is 5.11 Å². The summed E-state index contributed by atoms with van der Waals surface area (Å²) in [6.07, 6.45) is 7.08. The number of hydrogen-bond donors (Lipinski definition) is 2. The van der Waals surface area contributed by atoms with Gasteiger partial charge in [0.05, 0.1) is 0 Å². The normalized spacial score (nSPS) is 11.7. The molecule has 0 aliphatic rings. The van der Waals surface area contributed by atoms with Crippen LogP contribution < -0.4 is 5.32 Å². The minimum absolute atomic E-state index is 0.480. The first-order chi connectivity index (χ1) is 5.81. The van der Waals surface area contributed by atoms with Gasteiger partial charge >= 0.3 is 0 Å². The molecule has 0 aliphatic heterocycles. The van der Waals surface area contributed by atoms with Crippen molar-refractivity contribution in [2.24, 2.45) is 0 Å². The third-order valence-electron chi connectivity index (χ3n) is 1.73. The highest BCUT2D eigenvalue weighted by atomic mass is 16.3. The molecule has 72 valence electrons. The molecule has 0 fully saturated rings. The van der Waals surface area contributed by atoms with Crippen molar-refractivity contribution in [2.45, 2.75) is 46.0 Å². The van der Waals surface area contributed by atoms with Crippen molar-refractivity contribution in [1.29, 1.82) is 0 Å². The Labute approximate surface area is 75.7 Å². The molecular weight excluding hydrogens is 150 g/mol. The Morgan fingerprint density at radius 3 is 2.50 bits per heavy atom. The third kappa shape index (κ3) is 7.45. The molecule has 2 heteroatoms. The molecule has 0 aromatic carbocycles. The SMILES string of the molecule is CCCCNC=C(O)CCCC. The second-order valence-electron chi connectivity index (χ2n) is 3.05. The molecule has 0 bridgehead atoms. The van der Waals surface area contributed by atoms with Crippen molar-refractivity contribution in [1.82, 2.24) is 5.32 Å². The Morgan fingerprint density at radius 1 is 1.25 bits per heavy atom. The first-order valence-electron chi connectivity index (χ1n) is 4.92. The van der Waals surface area contributed by atoms with E-state index in [4.69, 9.17) is 0 Å². The summed E-state index contributed by atoms with van der Waals surface area (Å²) >= 11 is 0. The number of allylic oxidation sites excluding steroid dienone is 1. The molecule has 2 nitrogen and oxygen atoms in total. The summed E-state index contributed by atoms with van der Waals surface area (Å²) in [7, 11) is 0. The van der Waals surface area contributed by atoms with E-state index in [0.717, 1.165) is 32.2 Å². The maximum atomic E-state index is 9.28. The molecule has 0 heterocycles. The van der Waals surface area contributed by atoms with E-state index in [1.807, 2.05) is 0 Å². The van der Waals surface area contributed by atoms with Crippen molar-refractivity contribution in [2.75, 3.05) is 6.54 Å². The van der Waals surface area contributed by atoms with Crippen LogP contribution in [-0.4, -0.2) is 11.7 Å². The Balaban J connectivity index is 3.28. The van der Waals surface area contributed by atoms with Crippen LogP contribution >= 0.6 is 0 Å². The maximum Gasteiger partial charge on any atom is 0.108 e. The fraction of sp³-hybridized carbons (Fsp3) is 0.800. The van der Waals surface area contributed by atoms with Gasteiger partial charge < -0.3 is 10.4 Å². The van der Waals surface area contributed by atoms with Gasteiger partial charge in [0.25, 0.3) is 0 Å². The molecule has 0 rings (SSSR count). The predicted molar refractivity (Wildman–Crippen MR) is 53.1 cm³/mol. The van der Waals surface area contributed by atoms with Crippen LogP contribution in [0.25, 0.3) is 0 Å². The Bertz CT molecular complexity index is 121. The van der Waals surface area contributed by atoms with Gasteiger partial charge in [-0.1, -0.05) is 26.7 Å². The van der Waals surface area contributed by atoms with Gasteiger partial charge in [0, 0.05) is 19.2 Å². The average Bonchev–Trinajstić information content (AvgIpc) is 2.09. The summed E-state index contributed by atoms with van der Waals surface area (Å²) in [5.41, 5.74) is 0. The van der Waals surface area contributed by atoms with Crippen LogP contribution in [-0.2, 0) is 0 Å². The van der Waals surface area contributed by atoms with Crippen molar-refractivity contribution in [3.05, 3.63) is 12.0 Å². The van der Waals surface area contributed by atoms with Crippen LogP contribution in [0.3, 0.4) is 0 Å². The Morgan fingerprint density at radius 2 is 1.92 bits per heavy atom. The van der Waals surface area contributed by atoms with E-state index in [1.165, 1.54) is 6.42 Å². The fourth-order valence-electron chi connectivity index (χ4n) is 0.899. The summed E-state index contributed by atoms with van der Waals surface area (Å²) < 4.78 is 0. The van der Waals surface area contributed by atoms with Gasteiger partial charge in [-0.15, -0.1) is 0 Å². The molecule has 0 atom stereocenters. The average molecular weight is 171 g/mol. The standard InChI is InChI=1S/C10H21NO/c1-3-5-7-10(12)9-11-8-6-4-2/h9,11-12H,3-8H2,1-2H3. The molecule has 0 spiro atoms. The lowest BCUT2D eigenvalue weighted by Crippen LogP contribution is -2.07. The van der Waals surface area contributed by atoms with E-state index < -0.39 is 0 Å². The van der Waals surface area contributed by atoms with Gasteiger partial charge in [-0.2, -0.15) is 0 Å². The molecule has 0 aliphatic carbocycles. The number of nitrogens with one attached hydrogen (secondary N) is 1. The van der Waals surface area contributed by atoms with Gasteiger partial charge in [0.2, 0.25) is 0 Å². The van der Waals surface area contributed by atoms with Gasteiger partial charge in [-0.3, -0.25) is 0 Å². The largest absolute Gasteiger partial charge is 0.511 e. The molecule has 0 amide bonds. The molecule has 0 aromatic heterocycles. The van der Waals surface area contributed by atoms with E-state index in [9.17, 15) is 5.11 Å². The van der Waals surface area contributed by atoms with Gasteiger partial charge in [-0.05, 0) is 12.8 Å². The second-order valence-corrected chi connectivity index (χ2v) is 3.05. The summed E-state index contributed by atoms with van der Waals surface area (Å²) in [6.45, 7) is 5.24. The smallest absolute Gasteiger partial charge is 0.108 e. The monoisotopic (exact) mass is 171 g/mol. The quantitative estimate of drug-likeness (QED) is 0.456.